The van der Waals surface area contributed by atoms with Gasteiger partial charge < -0.3 is 10.2 Å². The normalized spacial score (nSPS) is 12.5. The summed E-state index contributed by atoms with van der Waals surface area (Å²) >= 11 is 0. The van der Waals surface area contributed by atoms with E-state index < -0.39 is 12.1 Å². The van der Waals surface area contributed by atoms with E-state index >= 15 is 0 Å². The first-order chi connectivity index (χ1) is 9.18. The lowest BCUT2D eigenvalue weighted by molar-refractivity contribution is -0.146. The molecule has 0 aliphatic heterocycles. The monoisotopic (exact) mass is 272 g/mol. The minimum atomic E-state index is -1.16. The van der Waals surface area contributed by atoms with Gasteiger partial charge in [-0.2, -0.15) is 0 Å². The van der Waals surface area contributed by atoms with Gasteiger partial charge in [-0.15, -0.1) is 0 Å². The van der Waals surface area contributed by atoms with Gasteiger partial charge in [0, 0.05) is 0 Å². The van der Waals surface area contributed by atoms with Gasteiger partial charge in [0.25, 0.3) is 0 Å². The standard InChI is InChI=1S/C16H32O3/c1-2-3-4-5-6-7-8-9-10-11-12-13-14-15(17)16(18)19/h15,17H,2-14H2,1H3,(H,18,19). The molecule has 19 heavy (non-hydrogen) atoms. The van der Waals surface area contributed by atoms with Gasteiger partial charge in [0.1, 0.15) is 0 Å². The van der Waals surface area contributed by atoms with Crippen LogP contribution in [-0.2, 0) is 4.79 Å². The molecule has 1 unspecified atom stereocenters. The van der Waals surface area contributed by atoms with Crippen molar-refractivity contribution in [2.45, 2.75) is 96.5 Å². The van der Waals surface area contributed by atoms with Gasteiger partial charge >= 0.3 is 5.97 Å². The van der Waals surface area contributed by atoms with E-state index in [0.29, 0.717) is 6.42 Å². The Morgan fingerprint density at radius 2 is 1.16 bits per heavy atom. The second-order valence-electron chi connectivity index (χ2n) is 5.53. The molecule has 3 heteroatoms. The molecule has 0 aromatic carbocycles. The molecule has 114 valence electrons. The maximum Gasteiger partial charge on any atom is 0.332 e. The predicted molar refractivity (Wildman–Crippen MR) is 79.3 cm³/mol. The highest BCUT2D eigenvalue weighted by atomic mass is 16.4. The number of aliphatic hydroxyl groups excluding tert-OH is 1. The van der Waals surface area contributed by atoms with Gasteiger partial charge in [0.2, 0.25) is 0 Å². The smallest absolute Gasteiger partial charge is 0.332 e. The summed E-state index contributed by atoms with van der Waals surface area (Å²) in [7, 11) is 0. The second kappa shape index (κ2) is 13.9. The van der Waals surface area contributed by atoms with E-state index in [1.54, 1.807) is 0 Å². The Hall–Kier alpha value is -0.570. The highest BCUT2D eigenvalue weighted by molar-refractivity contribution is 5.71. The van der Waals surface area contributed by atoms with Crippen molar-refractivity contribution < 1.29 is 15.0 Å². The molecule has 0 aliphatic carbocycles. The molecular weight excluding hydrogens is 240 g/mol. The third kappa shape index (κ3) is 13.7. The van der Waals surface area contributed by atoms with Crippen LogP contribution >= 0.6 is 0 Å². The Morgan fingerprint density at radius 3 is 1.53 bits per heavy atom. The zero-order valence-electron chi connectivity index (χ0n) is 12.6. The number of rotatable bonds is 14. The minimum Gasteiger partial charge on any atom is -0.479 e. The first-order valence-electron chi connectivity index (χ1n) is 8.09. The Bertz CT molecular complexity index is 204. The van der Waals surface area contributed by atoms with Gasteiger partial charge in [-0.3, -0.25) is 0 Å². The summed E-state index contributed by atoms with van der Waals surface area (Å²) in [6.07, 6.45) is 14.4. The summed E-state index contributed by atoms with van der Waals surface area (Å²) in [4.78, 5) is 10.4. The predicted octanol–water partition coefficient (Wildman–Crippen LogP) is 4.52. The molecule has 0 aliphatic rings. The number of hydrogen-bond donors (Lipinski definition) is 2. The zero-order chi connectivity index (χ0) is 14.3. The van der Waals surface area contributed by atoms with Crippen LogP contribution in [0, 0.1) is 0 Å². The molecular formula is C16H32O3. The molecule has 0 amide bonds. The van der Waals surface area contributed by atoms with E-state index in [0.717, 1.165) is 12.8 Å². The fraction of sp³-hybridized carbons (Fsp3) is 0.938. The first-order valence-corrected chi connectivity index (χ1v) is 8.09. The molecule has 2 N–H and O–H groups in total. The van der Waals surface area contributed by atoms with Crippen LogP contribution in [0.3, 0.4) is 0 Å². The molecule has 0 fully saturated rings. The number of carboxylic acid groups (broad SMARTS) is 1. The molecule has 0 radical (unpaired) electrons. The first kappa shape index (κ1) is 18.4. The molecule has 0 spiro atoms. The lowest BCUT2D eigenvalue weighted by Gasteiger charge is -2.05. The number of aliphatic hydroxyl groups is 1. The topological polar surface area (TPSA) is 57.5 Å². The number of unbranched alkanes of at least 4 members (excludes halogenated alkanes) is 11. The molecule has 3 nitrogen and oxygen atoms in total. The lowest BCUT2D eigenvalue weighted by atomic mass is 10.0. The molecule has 0 aromatic rings. The zero-order valence-corrected chi connectivity index (χ0v) is 12.6. The maximum atomic E-state index is 10.4. The fourth-order valence-electron chi connectivity index (χ4n) is 2.30. The average molecular weight is 272 g/mol. The molecule has 0 saturated heterocycles. The summed E-state index contributed by atoms with van der Waals surface area (Å²) < 4.78 is 0. The summed E-state index contributed by atoms with van der Waals surface area (Å²) in [5.41, 5.74) is 0. The quantitative estimate of drug-likeness (QED) is 0.457. The summed E-state index contributed by atoms with van der Waals surface area (Å²) in [6, 6.07) is 0. The van der Waals surface area contributed by atoms with Crippen molar-refractivity contribution in [1.82, 2.24) is 0 Å². The third-order valence-corrected chi connectivity index (χ3v) is 3.62. The Kier molecular flexibility index (Phi) is 13.4. The van der Waals surface area contributed by atoms with Crippen LogP contribution in [0.15, 0.2) is 0 Å². The molecule has 0 bridgehead atoms. The van der Waals surface area contributed by atoms with E-state index in [-0.39, 0.29) is 0 Å². The van der Waals surface area contributed by atoms with Crippen molar-refractivity contribution >= 4 is 5.97 Å². The minimum absolute atomic E-state index is 0.396. The van der Waals surface area contributed by atoms with Crippen LogP contribution < -0.4 is 0 Å². The molecule has 0 saturated carbocycles. The molecule has 0 aromatic heterocycles. The van der Waals surface area contributed by atoms with E-state index in [2.05, 4.69) is 6.92 Å². The van der Waals surface area contributed by atoms with Gasteiger partial charge in [-0.1, -0.05) is 84.0 Å². The van der Waals surface area contributed by atoms with Crippen molar-refractivity contribution in [3.63, 3.8) is 0 Å². The van der Waals surface area contributed by atoms with Gasteiger partial charge in [0.15, 0.2) is 6.10 Å². The Labute approximate surface area is 118 Å². The van der Waals surface area contributed by atoms with Crippen LogP contribution in [0.5, 0.6) is 0 Å². The van der Waals surface area contributed by atoms with Crippen LogP contribution in [0.1, 0.15) is 90.4 Å². The number of carbonyl (C=O) groups is 1. The van der Waals surface area contributed by atoms with Gasteiger partial charge in [-0.25, -0.2) is 4.79 Å². The second-order valence-corrected chi connectivity index (χ2v) is 5.53. The summed E-state index contributed by atoms with van der Waals surface area (Å²) in [6.45, 7) is 2.25. The van der Waals surface area contributed by atoms with Crippen LogP contribution in [0.4, 0.5) is 0 Å². The van der Waals surface area contributed by atoms with E-state index in [1.807, 2.05) is 0 Å². The van der Waals surface area contributed by atoms with E-state index in [1.165, 1.54) is 64.2 Å². The largest absolute Gasteiger partial charge is 0.479 e. The van der Waals surface area contributed by atoms with Crippen molar-refractivity contribution in [2.75, 3.05) is 0 Å². The highest BCUT2D eigenvalue weighted by Crippen LogP contribution is 2.12. The average Bonchev–Trinajstić information content (AvgIpc) is 2.39. The van der Waals surface area contributed by atoms with Crippen LogP contribution in [-0.4, -0.2) is 22.3 Å². The fourth-order valence-corrected chi connectivity index (χ4v) is 2.30. The number of hydrogen-bond acceptors (Lipinski definition) is 2. The van der Waals surface area contributed by atoms with E-state index in [4.69, 9.17) is 10.2 Å². The highest BCUT2D eigenvalue weighted by Gasteiger charge is 2.11. The van der Waals surface area contributed by atoms with Crippen molar-refractivity contribution in [3.05, 3.63) is 0 Å². The van der Waals surface area contributed by atoms with E-state index in [9.17, 15) is 4.79 Å². The number of carboxylic acids is 1. The Morgan fingerprint density at radius 1 is 0.789 bits per heavy atom. The van der Waals surface area contributed by atoms with Crippen molar-refractivity contribution in [1.29, 1.82) is 0 Å². The number of aliphatic carboxylic acids is 1. The maximum absolute atomic E-state index is 10.4. The van der Waals surface area contributed by atoms with Crippen LogP contribution in [0.25, 0.3) is 0 Å². The molecule has 1 atom stereocenters. The van der Waals surface area contributed by atoms with Gasteiger partial charge in [-0.05, 0) is 6.42 Å². The van der Waals surface area contributed by atoms with Crippen LogP contribution in [0.2, 0.25) is 0 Å². The lowest BCUT2D eigenvalue weighted by Crippen LogP contribution is -2.18. The molecule has 0 rings (SSSR count). The van der Waals surface area contributed by atoms with Crippen molar-refractivity contribution in [3.8, 4) is 0 Å². The summed E-state index contributed by atoms with van der Waals surface area (Å²) in [5.74, 6) is -1.09. The molecule has 0 heterocycles. The third-order valence-electron chi connectivity index (χ3n) is 3.62. The summed E-state index contributed by atoms with van der Waals surface area (Å²) in [5, 5.41) is 17.6. The Balaban J connectivity index is 3.05. The van der Waals surface area contributed by atoms with Gasteiger partial charge in [0.05, 0.1) is 0 Å². The van der Waals surface area contributed by atoms with Crippen molar-refractivity contribution in [2.24, 2.45) is 0 Å². The SMILES string of the molecule is CCCCCCCCCCCCCCC(O)C(=O)O.